The first-order valence-corrected chi connectivity index (χ1v) is 18.9. The SMILES string of the molecule is c1ccc(-c2ccc(N(c3ccc4ccccc4c3)c3cc4ccccc4c4c3oc3ccc(-c5nc(-c6ccccc6)c6ccccc6n5)cc34)cc2)cc1. The lowest BCUT2D eigenvalue weighted by molar-refractivity contribution is 0.669. The summed E-state index contributed by atoms with van der Waals surface area (Å²) < 4.78 is 6.97. The molecule has 0 aliphatic rings. The first-order valence-electron chi connectivity index (χ1n) is 18.9. The van der Waals surface area contributed by atoms with Crippen LogP contribution in [0.15, 0.2) is 205 Å². The molecule has 2 heterocycles. The smallest absolute Gasteiger partial charge is 0.160 e. The number of para-hydroxylation sites is 1. The van der Waals surface area contributed by atoms with Crippen LogP contribution in [0.1, 0.15) is 0 Å². The van der Waals surface area contributed by atoms with Gasteiger partial charge in [-0.1, -0.05) is 146 Å². The predicted octanol–water partition coefficient (Wildman–Crippen LogP) is 14.3. The van der Waals surface area contributed by atoms with Crippen LogP contribution in [0, 0.1) is 0 Å². The summed E-state index contributed by atoms with van der Waals surface area (Å²) in [6.45, 7) is 0. The molecule has 4 heteroatoms. The van der Waals surface area contributed by atoms with Gasteiger partial charge in [-0.3, -0.25) is 0 Å². The van der Waals surface area contributed by atoms with Crippen LogP contribution in [-0.2, 0) is 0 Å². The molecule has 0 saturated carbocycles. The van der Waals surface area contributed by atoms with Crippen LogP contribution >= 0.6 is 0 Å². The van der Waals surface area contributed by atoms with Crippen LogP contribution in [-0.4, -0.2) is 9.97 Å². The Labute approximate surface area is 323 Å². The monoisotopic (exact) mass is 715 g/mol. The first kappa shape index (κ1) is 31.9. The summed E-state index contributed by atoms with van der Waals surface area (Å²) in [6.07, 6.45) is 0. The van der Waals surface area contributed by atoms with E-state index in [1.54, 1.807) is 0 Å². The molecule has 4 nitrogen and oxygen atoms in total. The molecule has 0 atom stereocenters. The topological polar surface area (TPSA) is 42.2 Å². The molecule has 0 amide bonds. The third-order valence-corrected chi connectivity index (χ3v) is 10.8. The fraction of sp³-hybridized carbons (Fsp3) is 0. The average molecular weight is 716 g/mol. The fourth-order valence-corrected chi connectivity index (χ4v) is 8.11. The molecule has 11 rings (SSSR count). The number of aromatic nitrogens is 2. The second-order valence-electron chi connectivity index (χ2n) is 14.2. The number of rotatable bonds is 6. The van der Waals surface area contributed by atoms with Gasteiger partial charge in [0, 0.05) is 38.7 Å². The summed E-state index contributed by atoms with van der Waals surface area (Å²) in [7, 11) is 0. The summed E-state index contributed by atoms with van der Waals surface area (Å²) >= 11 is 0. The number of fused-ring (bicyclic) bond motifs is 7. The lowest BCUT2D eigenvalue weighted by atomic mass is 9.99. The van der Waals surface area contributed by atoms with Crippen LogP contribution in [0.2, 0.25) is 0 Å². The minimum absolute atomic E-state index is 0.676. The molecule has 0 unspecified atom stereocenters. The van der Waals surface area contributed by atoms with Gasteiger partial charge in [0.1, 0.15) is 5.58 Å². The van der Waals surface area contributed by atoms with E-state index in [4.69, 9.17) is 14.4 Å². The van der Waals surface area contributed by atoms with Gasteiger partial charge in [-0.05, 0) is 87.3 Å². The zero-order valence-corrected chi connectivity index (χ0v) is 30.3. The van der Waals surface area contributed by atoms with E-state index in [0.29, 0.717) is 5.82 Å². The fourth-order valence-electron chi connectivity index (χ4n) is 8.11. The van der Waals surface area contributed by atoms with E-state index in [1.807, 2.05) is 18.2 Å². The molecule has 0 aliphatic carbocycles. The van der Waals surface area contributed by atoms with Crippen molar-refractivity contribution in [3.63, 3.8) is 0 Å². The molecule has 262 valence electrons. The minimum Gasteiger partial charge on any atom is -0.454 e. The molecule has 0 fully saturated rings. The van der Waals surface area contributed by atoms with Gasteiger partial charge in [0.15, 0.2) is 11.4 Å². The van der Waals surface area contributed by atoms with E-state index in [0.717, 1.165) is 77.5 Å². The molecule has 2 aromatic heterocycles. The Hall–Kier alpha value is -7.56. The molecule has 0 radical (unpaired) electrons. The van der Waals surface area contributed by atoms with Crippen molar-refractivity contribution in [3.05, 3.63) is 200 Å². The van der Waals surface area contributed by atoms with Crippen LogP contribution in [0.3, 0.4) is 0 Å². The number of anilines is 3. The molecule has 0 bridgehead atoms. The zero-order valence-electron chi connectivity index (χ0n) is 30.3. The largest absolute Gasteiger partial charge is 0.454 e. The van der Waals surface area contributed by atoms with Gasteiger partial charge in [0.25, 0.3) is 0 Å². The lowest BCUT2D eigenvalue weighted by Crippen LogP contribution is -2.10. The van der Waals surface area contributed by atoms with Gasteiger partial charge in [-0.15, -0.1) is 0 Å². The number of nitrogens with zero attached hydrogens (tertiary/aromatic N) is 3. The van der Waals surface area contributed by atoms with Crippen molar-refractivity contribution >= 4 is 71.4 Å². The van der Waals surface area contributed by atoms with Gasteiger partial charge >= 0.3 is 0 Å². The number of benzene rings is 9. The minimum atomic E-state index is 0.676. The Balaban J connectivity index is 1.15. The van der Waals surface area contributed by atoms with Crippen LogP contribution in [0.5, 0.6) is 0 Å². The Morgan fingerprint density at radius 2 is 1.02 bits per heavy atom. The van der Waals surface area contributed by atoms with Crippen LogP contribution in [0.25, 0.3) is 88.2 Å². The number of hydrogen-bond acceptors (Lipinski definition) is 4. The summed E-state index contributed by atoms with van der Waals surface area (Å²) in [6, 6.07) is 70.3. The van der Waals surface area contributed by atoms with Gasteiger partial charge in [0.05, 0.1) is 16.9 Å². The summed E-state index contributed by atoms with van der Waals surface area (Å²) in [4.78, 5) is 12.6. The summed E-state index contributed by atoms with van der Waals surface area (Å²) in [5.41, 5.74) is 10.8. The quantitative estimate of drug-likeness (QED) is 0.172. The van der Waals surface area contributed by atoms with E-state index in [2.05, 4.69) is 187 Å². The second-order valence-corrected chi connectivity index (χ2v) is 14.2. The van der Waals surface area contributed by atoms with Crippen LogP contribution in [0.4, 0.5) is 17.1 Å². The highest BCUT2D eigenvalue weighted by molar-refractivity contribution is 6.23. The Kier molecular flexibility index (Phi) is 7.46. The van der Waals surface area contributed by atoms with Crippen LogP contribution < -0.4 is 4.90 Å². The molecule has 9 aromatic carbocycles. The highest BCUT2D eigenvalue weighted by Gasteiger charge is 2.23. The van der Waals surface area contributed by atoms with Crippen molar-refractivity contribution in [1.29, 1.82) is 0 Å². The van der Waals surface area contributed by atoms with Crippen molar-refractivity contribution in [2.24, 2.45) is 0 Å². The number of furan rings is 1. The van der Waals surface area contributed by atoms with E-state index >= 15 is 0 Å². The molecule has 56 heavy (non-hydrogen) atoms. The van der Waals surface area contributed by atoms with E-state index in [1.165, 1.54) is 21.9 Å². The van der Waals surface area contributed by atoms with Gasteiger partial charge in [-0.2, -0.15) is 0 Å². The second kappa shape index (κ2) is 13.1. The first-order chi connectivity index (χ1) is 27.7. The van der Waals surface area contributed by atoms with Gasteiger partial charge in [-0.25, -0.2) is 9.97 Å². The maximum Gasteiger partial charge on any atom is 0.160 e. The highest BCUT2D eigenvalue weighted by atomic mass is 16.3. The summed E-state index contributed by atoms with van der Waals surface area (Å²) in [5.74, 6) is 0.676. The Morgan fingerprint density at radius 3 is 1.82 bits per heavy atom. The van der Waals surface area contributed by atoms with Crippen molar-refractivity contribution < 1.29 is 4.42 Å². The summed E-state index contributed by atoms with van der Waals surface area (Å²) in [5, 5.41) is 7.73. The Bertz CT molecular complexity index is 3240. The molecule has 0 spiro atoms. The van der Waals surface area contributed by atoms with Crippen molar-refractivity contribution in [3.8, 4) is 33.8 Å². The van der Waals surface area contributed by atoms with E-state index in [-0.39, 0.29) is 0 Å². The van der Waals surface area contributed by atoms with Crippen molar-refractivity contribution in [2.45, 2.75) is 0 Å². The van der Waals surface area contributed by atoms with Gasteiger partial charge in [0.2, 0.25) is 0 Å². The van der Waals surface area contributed by atoms with Crippen molar-refractivity contribution in [1.82, 2.24) is 9.97 Å². The maximum absolute atomic E-state index is 6.97. The van der Waals surface area contributed by atoms with Crippen molar-refractivity contribution in [2.75, 3.05) is 4.90 Å². The molecular formula is C52H33N3O. The van der Waals surface area contributed by atoms with Gasteiger partial charge < -0.3 is 9.32 Å². The number of hydrogen-bond donors (Lipinski definition) is 0. The molecule has 0 saturated heterocycles. The average Bonchev–Trinajstić information content (AvgIpc) is 3.66. The zero-order chi connectivity index (χ0) is 37.0. The third kappa shape index (κ3) is 5.39. The molecule has 11 aromatic rings. The van der Waals surface area contributed by atoms with E-state index in [9.17, 15) is 0 Å². The molecular weight excluding hydrogens is 683 g/mol. The molecule has 0 aliphatic heterocycles. The molecule has 0 N–H and O–H groups in total. The Morgan fingerprint density at radius 1 is 0.393 bits per heavy atom. The standard InChI is InChI=1S/C52H33N3O/c1-3-13-34(14-4-1)36-23-27-41(28-24-36)55(42-29-25-35-15-7-8-18-38(35)31-42)47-33-39-19-9-10-20-43(39)49-45-32-40(26-30-48(45)56-51(47)49)52-53-46-22-12-11-21-44(46)50(54-52)37-16-5-2-6-17-37/h1-33H. The maximum atomic E-state index is 6.97. The predicted molar refractivity (Wildman–Crippen MR) is 233 cm³/mol. The lowest BCUT2D eigenvalue weighted by Gasteiger charge is -2.26. The normalized spacial score (nSPS) is 11.6. The van der Waals surface area contributed by atoms with E-state index < -0.39 is 0 Å². The third-order valence-electron chi connectivity index (χ3n) is 10.8. The highest BCUT2D eigenvalue weighted by Crippen LogP contribution is 2.47.